The molecule has 78 valence electrons. The summed E-state index contributed by atoms with van der Waals surface area (Å²) in [4.78, 5) is 20.6. The highest BCUT2D eigenvalue weighted by Gasteiger charge is 2.08. The number of carbonyl (C=O) groups is 1. The lowest BCUT2D eigenvalue weighted by atomic mass is 10.4. The van der Waals surface area contributed by atoms with Gasteiger partial charge in [-0.25, -0.2) is 9.97 Å². The van der Waals surface area contributed by atoms with Crippen LogP contribution in [0.2, 0.25) is 0 Å². The van der Waals surface area contributed by atoms with Crippen molar-refractivity contribution in [3.63, 3.8) is 0 Å². The van der Waals surface area contributed by atoms with Gasteiger partial charge in [-0.2, -0.15) is 5.26 Å². The summed E-state index contributed by atoms with van der Waals surface area (Å²) in [6, 6.07) is 3.42. The fraction of sp³-hybridized carbons (Fsp3) is 0.333. The van der Waals surface area contributed by atoms with Crippen molar-refractivity contribution in [3.8, 4) is 6.07 Å². The van der Waals surface area contributed by atoms with Crippen LogP contribution in [-0.4, -0.2) is 36.5 Å². The molecule has 0 radical (unpaired) electrons. The molecule has 0 aromatic carbocycles. The van der Waals surface area contributed by atoms with Crippen LogP contribution in [0.15, 0.2) is 12.3 Å². The normalized spacial score (nSPS) is 9.13. The highest BCUT2D eigenvalue weighted by atomic mass is 16.1. The van der Waals surface area contributed by atoms with Crippen molar-refractivity contribution in [2.75, 3.05) is 25.5 Å². The number of likely N-dealkylation sites (N-methyl/N-ethyl adjacent to an activating group) is 2. The number of amides is 1. The van der Waals surface area contributed by atoms with Gasteiger partial charge in [-0.3, -0.25) is 4.79 Å². The number of aromatic nitrogens is 2. The minimum atomic E-state index is -0.136. The molecule has 6 heteroatoms. The molecule has 0 bridgehead atoms. The van der Waals surface area contributed by atoms with Crippen molar-refractivity contribution in [1.29, 1.82) is 5.26 Å². The van der Waals surface area contributed by atoms with E-state index in [9.17, 15) is 4.79 Å². The second kappa shape index (κ2) is 4.91. The molecule has 1 N–H and O–H groups in total. The van der Waals surface area contributed by atoms with E-state index in [1.54, 1.807) is 19.0 Å². The first-order valence-corrected chi connectivity index (χ1v) is 4.32. The lowest BCUT2D eigenvalue weighted by Gasteiger charge is -2.15. The van der Waals surface area contributed by atoms with Crippen molar-refractivity contribution in [3.05, 3.63) is 18.0 Å². The molecule has 1 amide bonds. The van der Waals surface area contributed by atoms with Crippen LogP contribution in [-0.2, 0) is 4.79 Å². The van der Waals surface area contributed by atoms with E-state index in [-0.39, 0.29) is 18.1 Å². The van der Waals surface area contributed by atoms with Gasteiger partial charge < -0.3 is 10.2 Å². The molecule has 15 heavy (non-hydrogen) atoms. The quantitative estimate of drug-likeness (QED) is 0.721. The lowest BCUT2D eigenvalue weighted by molar-refractivity contribution is -0.119. The summed E-state index contributed by atoms with van der Waals surface area (Å²) < 4.78 is 0. The Bertz CT molecular complexity index is 398. The van der Waals surface area contributed by atoms with Gasteiger partial charge in [-0.1, -0.05) is 0 Å². The first-order valence-electron chi connectivity index (χ1n) is 4.32. The van der Waals surface area contributed by atoms with Crippen LogP contribution in [0.1, 0.15) is 5.69 Å². The van der Waals surface area contributed by atoms with Gasteiger partial charge in [-0.15, -0.1) is 0 Å². The third kappa shape index (κ3) is 2.91. The Hall–Kier alpha value is -2.16. The number of nitrogens with zero attached hydrogens (tertiary/aromatic N) is 4. The number of hydrogen-bond donors (Lipinski definition) is 1. The van der Waals surface area contributed by atoms with Crippen LogP contribution in [0.4, 0.5) is 5.95 Å². The minimum Gasteiger partial charge on any atom is -0.358 e. The Labute approximate surface area is 87.6 Å². The number of anilines is 1. The Morgan fingerprint density at radius 1 is 1.73 bits per heavy atom. The van der Waals surface area contributed by atoms with Crippen LogP contribution in [0.25, 0.3) is 0 Å². The summed E-state index contributed by atoms with van der Waals surface area (Å²) in [7, 11) is 3.24. The standard InChI is InChI=1S/C9H11N5O/c1-11-8(15)6-14(2)9-12-4-3-7(5-10)13-9/h3-4H,6H2,1-2H3,(H,11,15). The summed E-state index contributed by atoms with van der Waals surface area (Å²) in [5.74, 6) is 0.223. The maximum atomic E-state index is 11.1. The van der Waals surface area contributed by atoms with E-state index in [1.165, 1.54) is 12.3 Å². The summed E-state index contributed by atoms with van der Waals surface area (Å²) >= 11 is 0. The Kier molecular flexibility index (Phi) is 3.57. The first-order chi connectivity index (χ1) is 7.17. The topological polar surface area (TPSA) is 81.9 Å². The summed E-state index contributed by atoms with van der Waals surface area (Å²) in [5.41, 5.74) is 0.281. The van der Waals surface area contributed by atoms with E-state index in [1.807, 2.05) is 6.07 Å². The zero-order chi connectivity index (χ0) is 11.3. The predicted molar refractivity (Wildman–Crippen MR) is 54.1 cm³/mol. The van der Waals surface area contributed by atoms with Crippen molar-refractivity contribution < 1.29 is 4.79 Å². The molecule has 1 rings (SSSR count). The molecule has 0 saturated heterocycles. The third-order valence-electron chi connectivity index (χ3n) is 1.76. The molecule has 0 aliphatic heterocycles. The lowest BCUT2D eigenvalue weighted by Crippen LogP contribution is -2.33. The third-order valence-corrected chi connectivity index (χ3v) is 1.76. The van der Waals surface area contributed by atoms with Gasteiger partial charge in [-0.05, 0) is 6.07 Å². The molecule has 0 saturated carbocycles. The number of nitriles is 1. The fourth-order valence-corrected chi connectivity index (χ4v) is 0.960. The zero-order valence-corrected chi connectivity index (χ0v) is 8.56. The van der Waals surface area contributed by atoms with Crippen molar-refractivity contribution in [2.45, 2.75) is 0 Å². The summed E-state index contributed by atoms with van der Waals surface area (Å²) in [5, 5.41) is 11.1. The molecule has 1 aromatic heterocycles. The molecular formula is C9H11N5O. The summed E-state index contributed by atoms with van der Waals surface area (Å²) in [6.45, 7) is 0.158. The van der Waals surface area contributed by atoms with Gasteiger partial charge in [0.25, 0.3) is 0 Å². The minimum absolute atomic E-state index is 0.136. The molecule has 0 aliphatic carbocycles. The molecule has 0 unspecified atom stereocenters. The van der Waals surface area contributed by atoms with E-state index >= 15 is 0 Å². The average Bonchev–Trinajstić information content (AvgIpc) is 2.28. The summed E-state index contributed by atoms with van der Waals surface area (Å²) in [6.07, 6.45) is 1.49. The Morgan fingerprint density at radius 3 is 3.07 bits per heavy atom. The second-order valence-corrected chi connectivity index (χ2v) is 2.88. The van der Waals surface area contributed by atoms with Gasteiger partial charge >= 0.3 is 0 Å². The largest absolute Gasteiger partial charge is 0.358 e. The average molecular weight is 205 g/mol. The molecule has 0 spiro atoms. The van der Waals surface area contributed by atoms with Crippen LogP contribution in [0.5, 0.6) is 0 Å². The van der Waals surface area contributed by atoms with Crippen LogP contribution in [0, 0.1) is 11.3 Å². The number of hydrogen-bond acceptors (Lipinski definition) is 5. The molecule has 1 aromatic rings. The number of rotatable bonds is 3. The van der Waals surface area contributed by atoms with Crippen LogP contribution < -0.4 is 10.2 Å². The zero-order valence-electron chi connectivity index (χ0n) is 8.56. The highest BCUT2D eigenvalue weighted by Crippen LogP contribution is 2.03. The van der Waals surface area contributed by atoms with Crippen molar-refractivity contribution in [2.24, 2.45) is 0 Å². The molecule has 1 heterocycles. The van der Waals surface area contributed by atoms with E-state index in [0.29, 0.717) is 5.95 Å². The maximum absolute atomic E-state index is 11.1. The van der Waals surface area contributed by atoms with Crippen LogP contribution in [0.3, 0.4) is 0 Å². The molecule has 0 fully saturated rings. The van der Waals surface area contributed by atoms with Gasteiger partial charge in [0.2, 0.25) is 11.9 Å². The van der Waals surface area contributed by atoms with Gasteiger partial charge in [0, 0.05) is 20.3 Å². The Morgan fingerprint density at radius 2 is 2.47 bits per heavy atom. The Balaban J connectivity index is 2.78. The monoisotopic (exact) mass is 205 g/mol. The van der Waals surface area contributed by atoms with Crippen LogP contribution >= 0.6 is 0 Å². The van der Waals surface area contributed by atoms with E-state index in [2.05, 4.69) is 15.3 Å². The number of nitrogens with one attached hydrogen (secondary N) is 1. The van der Waals surface area contributed by atoms with E-state index < -0.39 is 0 Å². The van der Waals surface area contributed by atoms with E-state index in [0.717, 1.165) is 0 Å². The maximum Gasteiger partial charge on any atom is 0.239 e. The molecule has 6 nitrogen and oxygen atoms in total. The van der Waals surface area contributed by atoms with Gasteiger partial charge in [0.05, 0.1) is 6.54 Å². The fourth-order valence-electron chi connectivity index (χ4n) is 0.960. The molecular weight excluding hydrogens is 194 g/mol. The smallest absolute Gasteiger partial charge is 0.239 e. The van der Waals surface area contributed by atoms with Gasteiger partial charge in [0.15, 0.2) is 0 Å². The second-order valence-electron chi connectivity index (χ2n) is 2.88. The SMILES string of the molecule is CNC(=O)CN(C)c1nccc(C#N)n1. The van der Waals surface area contributed by atoms with Crippen molar-refractivity contribution in [1.82, 2.24) is 15.3 Å². The number of carbonyl (C=O) groups excluding carboxylic acids is 1. The molecule has 0 atom stereocenters. The highest BCUT2D eigenvalue weighted by molar-refractivity contribution is 5.80. The van der Waals surface area contributed by atoms with Gasteiger partial charge in [0.1, 0.15) is 11.8 Å². The van der Waals surface area contributed by atoms with Crippen molar-refractivity contribution >= 4 is 11.9 Å². The van der Waals surface area contributed by atoms with E-state index in [4.69, 9.17) is 5.26 Å². The first kappa shape index (κ1) is 10.9. The molecule has 0 aliphatic rings. The predicted octanol–water partition coefficient (Wildman–Crippen LogP) is -0.470.